The highest BCUT2D eigenvalue weighted by Gasteiger charge is 2.17. The Hall–Kier alpha value is -2.90. The number of H-pyrrole nitrogens is 1. The summed E-state index contributed by atoms with van der Waals surface area (Å²) < 4.78 is 5.11. The summed E-state index contributed by atoms with van der Waals surface area (Å²) in [5, 5.41) is 13.1. The molecule has 0 saturated heterocycles. The minimum absolute atomic E-state index is 0.00960. The maximum absolute atomic E-state index is 11.6. The Kier molecular flexibility index (Phi) is 4.11. The number of benzene rings is 1. The molecule has 0 radical (unpaired) electrons. The predicted molar refractivity (Wildman–Crippen MR) is 80.5 cm³/mol. The lowest BCUT2D eigenvalue weighted by Crippen LogP contribution is -2.27. The van der Waals surface area contributed by atoms with Gasteiger partial charge >= 0.3 is 6.09 Å². The number of nitrogens with one attached hydrogen (secondary N) is 2. The number of imidazole rings is 1. The van der Waals surface area contributed by atoms with Gasteiger partial charge in [0.25, 0.3) is 5.69 Å². The number of nitro benzene ring substituents is 1. The summed E-state index contributed by atoms with van der Waals surface area (Å²) in [5.74, 6) is 0.239. The van der Waals surface area contributed by atoms with E-state index in [0.717, 1.165) is 5.56 Å². The smallest absolute Gasteiger partial charge is 0.414 e. The van der Waals surface area contributed by atoms with Gasteiger partial charge in [0, 0.05) is 17.7 Å². The molecule has 8 nitrogen and oxygen atoms in total. The number of anilines is 1. The van der Waals surface area contributed by atoms with Crippen LogP contribution in [0, 0.1) is 10.1 Å². The minimum atomic E-state index is -0.614. The van der Waals surface area contributed by atoms with E-state index in [2.05, 4.69) is 15.3 Å². The van der Waals surface area contributed by atoms with E-state index >= 15 is 0 Å². The van der Waals surface area contributed by atoms with Crippen molar-refractivity contribution >= 4 is 17.7 Å². The highest BCUT2D eigenvalue weighted by Crippen LogP contribution is 2.22. The van der Waals surface area contributed by atoms with Gasteiger partial charge in [-0.2, -0.15) is 0 Å². The number of hydrogen-bond acceptors (Lipinski definition) is 5. The molecular weight excluding hydrogens is 288 g/mol. The first kappa shape index (κ1) is 15.5. The normalized spacial score (nSPS) is 11.0. The molecule has 116 valence electrons. The third kappa shape index (κ3) is 4.05. The number of aromatic amines is 1. The third-order valence-corrected chi connectivity index (χ3v) is 2.58. The van der Waals surface area contributed by atoms with E-state index in [-0.39, 0.29) is 11.6 Å². The number of carbonyl (C=O) groups is 1. The predicted octanol–water partition coefficient (Wildman–Crippen LogP) is 3.33. The SMILES string of the molecule is CC(C)(C)OC(=O)Nc1ncc(-c2ccc([N+](=O)[O-])cc2)[nH]1. The molecule has 2 aromatic rings. The molecule has 1 aromatic heterocycles. The van der Waals surface area contributed by atoms with Crippen molar-refractivity contribution in [2.75, 3.05) is 5.32 Å². The van der Waals surface area contributed by atoms with Gasteiger partial charge in [-0.1, -0.05) is 0 Å². The van der Waals surface area contributed by atoms with Gasteiger partial charge in [-0.3, -0.25) is 15.4 Å². The van der Waals surface area contributed by atoms with Gasteiger partial charge in [0.05, 0.1) is 16.8 Å². The third-order valence-electron chi connectivity index (χ3n) is 2.58. The molecule has 0 unspecified atom stereocenters. The lowest BCUT2D eigenvalue weighted by atomic mass is 10.1. The first-order valence-electron chi connectivity index (χ1n) is 6.54. The van der Waals surface area contributed by atoms with Crippen LogP contribution in [0.25, 0.3) is 11.3 Å². The van der Waals surface area contributed by atoms with Crippen molar-refractivity contribution < 1.29 is 14.5 Å². The monoisotopic (exact) mass is 304 g/mol. The average Bonchev–Trinajstić information content (AvgIpc) is 2.85. The van der Waals surface area contributed by atoms with Gasteiger partial charge in [0.15, 0.2) is 0 Å². The van der Waals surface area contributed by atoms with E-state index in [1.165, 1.54) is 18.3 Å². The molecule has 8 heteroatoms. The van der Waals surface area contributed by atoms with E-state index in [1.54, 1.807) is 32.9 Å². The van der Waals surface area contributed by atoms with Gasteiger partial charge in [-0.05, 0) is 32.9 Å². The van der Waals surface area contributed by atoms with Crippen LogP contribution in [0.15, 0.2) is 30.5 Å². The summed E-state index contributed by atoms with van der Waals surface area (Å²) >= 11 is 0. The average molecular weight is 304 g/mol. The molecule has 0 aliphatic carbocycles. The van der Waals surface area contributed by atoms with Crippen LogP contribution in [-0.4, -0.2) is 26.6 Å². The summed E-state index contributed by atoms with van der Waals surface area (Å²) in [4.78, 5) is 28.7. The van der Waals surface area contributed by atoms with Gasteiger partial charge in [-0.15, -0.1) is 0 Å². The molecule has 0 fully saturated rings. The Morgan fingerprint density at radius 3 is 2.50 bits per heavy atom. The maximum atomic E-state index is 11.6. The molecule has 22 heavy (non-hydrogen) atoms. The summed E-state index contributed by atoms with van der Waals surface area (Å²) in [6.45, 7) is 5.28. The number of nitrogens with zero attached hydrogens (tertiary/aromatic N) is 2. The lowest BCUT2D eigenvalue weighted by molar-refractivity contribution is -0.384. The number of carbonyl (C=O) groups excluding carboxylic acids is 1. The van der Waals surface area contributed by atoms with Crippen molar-refractivity contribution in [2.24, 2.45) is 0 Å². The highest BCUT2D eigenvalue weighted by atomic mass is 16.6. The first-order chi connectivity index (χ1) is 10.2. The van der Waals surface area contributed by atoms with Gasteiger partial charge in [-0.25, -0.2) is 9.78 Å². The topological polar surface area (TPSA) is 110 Å². The zero-order valence-corrected chi connectivity index (χ0v) is 12.4. The number of nitro groups is 1. The lowest BCUT2D eigenvalue weighted by Gasteiger charge is -2.18. The van der Waals surface area contributed by atoms with Crippen LogP contribution in [0.4, 0.5) is 16.4 Å². The van der Waals surface area contributed by atoms with E-state index in [4.69, 9.17) is 4.74 Å². The van der Waals surface area contributed by atoms with Crippen LogP contribution in [0.1, 0.15) is 20.8 Å². The fourth-order valence-corrected chi connectivity index (χ4v) is 1.69. The zero-order chi connectivity index (χ0) is 16.3. The van der Waals surface area contributed by atoms with Gasteiger partial charge < -0.3 is 9.72 Å². The van der Waals surface area contributed by atoms with Crippen molar-refractivity contribution in [3.8, 4) is 11.3 Å². The number of rotatable bonds is 3. The molecule has 1 heterocycles. The van der Waals surface area contributed by atoms with Crippen molar-refractivity contribution in [1.82, 2.24) is 9.97 Å². The number of non-ortho nitro benzene ring substituents is 1. The summed E-state index contributed by atoms with van der Waals surface area (Å²) in [7, 11) is 0. The van der Waals surface area contributed by atoms with Crippen LogP contribution >= 0.6 is 0 Å². The molecule has 0 saturated carbocycles. The molecule has 0 spiro atoms. The quantitative estimate of drug-likeness (QED) is 0.667. The Bertz CT molecular complexity index is 686. The number of aromatic nitrogens is 2. The number of hydrogen-bond donors (Lipinski definition) is 2. The molecule has 1 amide bonds. The Morgan fingerprint density at radius 1 is 1.32 bits per heavy atom. The van der Waals surface area contributed by atoms with E-state index < -0.39 is 16.6 Å². The van der Waals surface area contributed by atoms with E-state index in [1.807, 2.05) is 0 Å². The van der Waals surface area contributed by atoms with Crippen LogP contribution < -0.4 is 5.32 Å². The zero-order valence-electron chi connectivity index (χ0n) is 12.4. The van der Waals surface area contributed by atoms with Gasteiger partial charge in [0.2, 0.25) is 5.95 Å². The molecule has 0 bridgehead atoms. The second-order valence-corrected chi connectivity index (χ2v) is 5.58. The number of amides is 1. The maximum Gasteiger partial charge on any atom is 0.414 e. The van der Waals surface area contributed by atoms with Crippen LogP contribution in [0.5, 0.6) is 0 Å². The van der Waals surface area contributed by atoms with Crippen molar-refractivity contribution in [3.05, 3.63) is 40.6 Å². The van der Waals surface area contributed by atoms with Gasteiger partial charge in [0.1, 0.15) is 5.60 Å². The fraction of sp³-hybridized carbons (Fsp3) is 0.286. The molecule has 0 aliphatic heterocycles. The second-order valence-electron chi connectivity index (χ2n) is 5.58. The standard InChI is InChI=1S/C14H16N4O4/c1-14(2,3)22-13(19)17-12-15-8-11(16-12)9-4-6-10(7-5-9)18(20)21/h4-8H,1-3H3,(H2,15,16,17,19). The minimum Gasteiger partial charge on any atom is -0.444 e. The molecule has 0 aliphatic rings. The van der Waals surface area contributed by atoms with Crippen LogP contribution in [0.2, 0.25) is 0 Å². The van der Waals surface area contributed by atoms with E-state index in [0.29, 0.717) is 5.69 Å². The number of ether oxygens (including phenoxy) is 1. The Balaban J connectivity index is 2.08. The second kappa shape index (κ2) is 5.84. The van der Waals surface area contributed by atoms with E-state index in [9.17, 15) is 14.9 Å². The van der Waals surface area contributed by atoms with Crippen molar-refractivity contribution in [2.45, 2.75) is 26.4 Å². The largest absolute Gasteiger partial charge is 0.444 e. The Labute approximate surface area is 126 Å². The van der Waals surface area contributed by atoms with Crippen LogP contribution in [0.3, 0.4) is 0 Å². The highest BCUT2D eigenvalue weighted by molar-refractivity contribution is 5.83. The van der Waals surface area contributed by atoms with Crippen molar-refractivity contribution in [1.29, 1.82) is 0 Å². The summed E-state index contributed by atoms with van der Waals surface area (Å²) in [5.41, 5.74) is 0.754. The molecule has 1 aromatic carbocycles. The van der Waals surface area contributed by atoms with Crippen molar-refractivity contribution in [3.63, 3.8) is 0 Å². The summed E-state index contributed by atoms with van der Waals surface area (Å²) in [6.07, 6.45) is 0.908. The molecule has 0 atom stereocenters. The first-order valence-corrected chi connectivity index (χ1v) is 6.54. The molecule has 2 rings (SSSR count). The molecular formula is C14H16N4O4. The van der Waals surface area contributed by atoms with Crippen LogP contribution in [-0.2, 0) is 4.74 Å². The Morgan fingerprint density at radius 2 is 1.95 bits per heavy atom. The fourth-order valence-electron chi connectivity index (χ4n) is 1.69. The summed E-state index contributed by atoms with van der Waals surface area (Å²) in [6, 6.07) is 6.00. The molecule has 2 N–H and O–H groups in total.